The van der Waals surface area contributed by atoms with Crippen molar-refractivity contribution < 1.29 is 14.7 Å². The maximum absolute atomic E-state index is 11.4. The van der Waals surface area contributed by atoms with Gasteiger partial charge in [0.15, 0.2) is 0 Å². The Bertz CT molecular complexity index is 439. The predicted molar refractivity (Wildman–Crippen MR) is 72.9 cm³/mol. The molecule has 6 heteroatoms. The smallest absolute Gasteiger partial charge is 0.303 e. The van der Waals surface area contributed by atoms with E-state index in [1.807, 2.05) is 35.2 Å². The van der Waals surface area contributed by atoms with Gasteiger partial charge in [-0.15, -0.1) is 12.4 Å². The maximum Gasteiger partial charge on any atom is 0.303 e. The Morgan fingerprint density at radius 2 is 2.05 bits per heavy atom. The van der Waals surface area contributed by atoms with E-state index in [0.717, 1.165) is 5.56 Å². The lowest BCUT2D eigenvalue weighted by Crippen LogP contribution is -2.36. The molecule has 1 aromatic carbocycles. The van der Waals surface area contributed by atoms with Crippen LogP contribution in [0.1, 0.15) is 18.4 Å². The number of halogens is 1. The van der Waals surface area contributed by atoms with Crippen molar-refractivity contribution in [3.8, 4) is 0 Å². The molecule has 0 aliphatic carbocycles. The SMILES string of the molecule is Cl.O=C(O)CCC1NC(=O)CN1Cc1ccccc1. The minimum Gasteiger partial charge on any atom is -0.481 e. The van der Waals surface area contributed by atoms with Crippen molar-refractivity contribution in [3.05, 3.63) is 35.9 Å². The van der Waals surface area contributed by atoms with E-state index >= 15 is 0 Å². The molecule has 0 aromatic heterocycles. The highest BCUT2D eigenvalue weighted by Gasteiger charge is 2.29. The standard InChI is InChI=1S/C13H16N2O3.ClH/c16-12-9-15(8-10-4-2-1-3-5-10)11(14-12)6-7-13(17)18;/h1-5,11H,6-9H2,(H,14,16)(H,17,18);1H. The van der Waals surface area contributed by atoms with Gasteiger partial charge in [-0.05, 0) is 12.0 Å². The van der Waals surface area contributed by atoms with Gasteiger partial charge in [0.2, 0.25) is 5.91 Å². The van der Waals surface area contributed by atoms with Gasteiger partial charge in [0.1, 0.15) is 0 Å². The molecule has 2 N–H and O–H groups in total. The van der Waals surface area contributed by atoms with Crippen molar-refractivity contribution in [3.63, 3.8) is 0 Å². The number of aliphatic carboxylic acids is 1. The number of nitrogens with zero attached hydrogens (tertiary/aromatic N) is 1. The van der Waals surface area contributed by atoms with Crippen LogP contribution >= 0.6 is 12.4 Å². The van der Waals surface area contributed by atoms with Gasteiger partial charge >= 0.3 is 5.97 Å². The van der Waals surface area contributed by atoms with Gasteiger partial charge in [-0.25, -0.2) is 0 Å². The number of rotatable bonds is 5. The van der Waals surface area contributed by atoms with Crippen LogP contribution in [-0.2, 0) is 16.1 Å². The number of carbonyl (C=O) groups excluding carboxylic acids is 1. The second kappa shape index (κ2) is 7.11. The van der Waals surface area contributed by atoms with Gasteiger partial charge in [0.25, 0.3) is 0 Å². The molecule has 2 rings (SSSR count). The van der Waals surface area contributed by atoms with Crippen LogP contribution in [0.5, 0.6) is 0 Å². The molecule has 1 fully saturated rings. The lowest BCUT2D eigenvalue weighted by Gasteiger charge is -2.22. The highest BCUT2D eigenvalue weighted by atomic mass is 35.5. The fraction of sp³-hybridized carbons (Fsp3) is 0.385. The molecular weight excluding hydrogens is 268 g/mol. The largest absolute Gasteiger partial charge is 0.481 e. The zero-order valence-corrected chi connectivity index (χ0v) is 11.2. The number of hydrogen-bond acceptors (Lipinski definition) is 3. The van der Waals surface area contributed by atoms with E-state index in [1.165, 1.54) is 0 Å². The van der Waals surface area contributed by atoms with Crippen molar-refractivity contribution in [1.29, 1.82) is 0 Å². The molecular formula is C13H17ClN2O3. The molecule has 1 aromatic rings. The topological polar surface area (TPSA) is 69.6 Å². The Labute approximate surface area is 118 Å². The maximum atomic E-state index is 11.4. The summed E-state index contributed by atoms with van der Waals surface area (Å²) in [5.41, 5.74) is 1.12. The molecule has 1 aliphatic heterocycles. The molecule has 1 unspecified atom stereocenters. The minimum absolute atomic E-state index is 0. The quantitative estimate of drug-likeness (QED) is 0.853. The molecule has 1 aliphatic rings. The minimum atomic E-state index is -0.837. The second-order valence-electron chi connectivity index (χ2n) is 4.41. The molecule has 5 nitrogen and oxygen atoms in total. The highest BCUT2D eigenvalue weighted by molar-refractivity contribution is 5.85. The Morgan fingerprint density at radius 3 is 2.68 bits per heavy atom. The van der Waals surface area contributed by atoms with Crippen LogP contribution in [0.15, 0.2) is 30.3 Å². The van der Waals surface area contributed by atoms with Crippen LogP contribution in [0.3, 0.4) is 0 Å². The fourth-order valence-electron chi connectivity index (χ4n) is 2.12. The van der Waals surface area contributed by atoms with Crippen LogP contribution in [0.2, 0.25) is 0 Å². The Balaban J connectivity index is 0.00000180. The lowest BCUT2D eigenvalue weighted by atomic mass is 10.2. The summed E-state index contributed by atoms with van der Waals surface area (Å²) in [6.07, 6.45) is 0.332. The molecule has 0 bridgehead atoms. The normalized spacial score (nSPS) is 18.7. The Morgan fingerprint density at radius 1 is 1.37 bits per heavy atom. The van der Waals surface area contributed by atoms with E-state index in [0.29, 0.717) is 19.5 Å². The first-order valence-electron chi connectivity index (χ1n) is 5.94. The van der Waals surface area contributed by atoms with Gasteiger partial charge in [-0.3, -0.25) is 14.5 Å². The molecule has 0 spiro atoms. The third kappa shape index (κ3) is 4.54. The summed E-state index contributed by atoms with van der Waals surface area (Å²) in [5.74, 6) is -0.878. The second-order valence-corrected chi connectivity index (χ2v) is 4.41. The molecule has 0 radical (unpaired) electrons. The molecule has 0 saturated carbocycles. The number of carbonyl (C=O) groups is 2. The lowest BCUT2D eigenvalue weighted by molar-refractivity contribution is -0.137. The zero-order chi connectivity index (χ0) is 13.0. The Hall–Kier alpha value is -1.59. The summed E-state index contributed by atoms with van der Waals surface area (Å²) < 4.78 is 0. The van der Waals surface area contributed by atoms with Crippen LogP contribution < -0.4 is 5.32 Å². The van der Waals surface area contributed by atoms with Crippen molar-refractivity contribution in [2.24, 2.45) is 0 Å². The summed E-state index contributed by atoms with van der Waals surface area (Å²) in [6.45, 7) is 0.989. The van der Waals surface area contributed by atoms with Crippen LogP contribution in [0, 0.1) is 0 Å². The number of carboxylic acid groups (broad SMARTS) is 1. The van der Waals surface area contributed by atoms with Gasteiger partial charge in [-0.1, -0.05) is 30.3 Å². The average Bonchev–Trinajstić information content (AvgIpc) is 2.68. The van der Waals surface area contributed by atoms with Crippen LogP contribution in [0.4, 0.5) is 0 Å². The van der Waals surface area contributed by atoms with Crippen molar-refractivity contribution >= 4 is 24.3 Å². The third-order valence-corrected chi connectivity index (χ3v) is 2.98. The van der Waals surface area contributed by atoms with Gasteiger partial charge in [0.05, 0.1) is 12.7 Å². The number of hydrogen-bond donors (Lipinski definition) is 2. The number of benzene rings is 1. The Kier molecular flexibility index (Phi) is 5.79. The molecule has 19 heavy (non-hydrogen) atoms. The first-order valence-corrected chi connectivity index (χ1v) is 5.94. The van der Waals surface area contributed by atoms with Gasteiger partial charge < -0.3 is 10.4 Å². The van der Waals surface area contributed by atoms with Crippen LogP contribution in [0.25, 0.3) is 0 Å². The van der Waals surface area contributed by atoms with Gasteiger partial charge in [-0.2, -0.15) is 0 Å². The van der Waals surface area contributed by atoms with E-state index < -0.39 is 5.97 Å². The highest BCUT2D eigenvalue weighted by Crippen LogP contribution is 2.14. The van der Waals surface area contributed by atoms with E-state index in [9.17, 15) is 9.59 Å². The summed E-state index contributed by atoms with van der Waals surface area (Å²) in [5, 5.41) is 11.5. The predicted octanol–water partition coefficient (Wildman–Crippen LogP) is 1.23. The summed E-state index contributed by atoms with van der Waals surface area (Å²) in [4.78, 5) is 23.9. The zero-order valence-electron chi connectivity index (χ0n) is 10.4. The molecule has 104 valence electrons. The average molecular weight is 285 g/mol. The molecule has 1 amide bonds. The molecule has 1 saturated heterocycles. The first-order chi connectivity index (χ1) is 8.65. The first kappa shape index (κ1) is 15.5. The van der Waals surface area contributed by atoms with E-state index in [4.69, 9.17) is 5.11 Å². The molecule has 1 heterocycles. The summed E-state index contributed by atoms with van der Waals surface area (Å²) in [6, 6.07) is 9.84. The number of nitrogens with one attached hydrogen (secondary N) is 1. The van der Waals surface area contributed by atoms with Crippen molar-refractivity contribution in [2.75, 3.05) is 6.54 Å². The molecule has 1 atom stereocenters. The van der Waals surface area contributed by atoms with Crippen molar-refractivity contribution in [2.45, 2.75) is 25.6 Å². The third-order valence-electron chi connectivity index (χ3n) is 2.98. The van der Waals surface area contributed by atoms with Gasteiger partial charge in [0, 0.05) is 13.0 Å². The summed E-state index contributed by atoms with van der Waals surface area (Å²) in [7, 11) is 0. The number of amides is 1. The summed E-state index contributed by atoms with van der Waals surface area (Å²) >= 11 is 0. The van der Waals surface area contributed by atoms with Crippen LogP contribution in [-0.4, -0.2) is 34.6 Å². The number of carboxylic acids is 1. The fourth-order valence-corrected chi connectivity index (χ4v) is 2.12. The van der Waals surface area contributed by atoms with E-state index in [1.54, 1.807) is 0 Å². The monoisotopic (exact) mass is 284 g/mol. The van der Waals surface area contributed by atoms with Crippen molar-refractivity contribution in [1.82, 2.24) is 10.2 Å². The van der Waals surface area contributed by atoms with E-state index in [2.05, 4.69) is 5.32 Å². The van der Waals surface area contributed by atoms with E-state index in [-0.39, 0.29) is 30.9 Å².